The maximum Gasteiger partial charge on any atom is 0.246 e. The van der Waals surface area contributed by atoms with Gasteiger partial charge in [-0.1, -0.05) is 328 Å². The predicted octanol–water partition coefficient (Wildman–Crippen LogP) is 28.0. The first-order chi connectivity index (χ1) is 64.2. The molecule has 0 radical (unpaired) electrons. The van der Waals surface area contributed by atoms with Crippen LogP contribution in [0.25, 0.3) is 0 Å². The van der Waals surface area contributed by atoms with E-state index < -0.39 is 0 Å². The van der Waals surface area contributed by atoms with Crippen molar-refractivity contribution < 1.29 is 28.8 Å². The van der Waals surface area contributed by atoms with Crippen LogP contribution in [0.1, 0.15) is 174 Å². The average molecular weight is 2210 g/mol. The van der Waals surface area contributed by atoms with Gasteiger partial charge in [-0.2, -0.15) is 0 Å². The molecule has 0 N–H and O–H groups in total. The first-order valence-electron chi connectivity index (χ1n) is 44.2. The molecular weight excluding hydrogens is 2100 g/mol. The minimum absolute atomic E-state index is 0.00999. The Bertz CT molecular complexity index is 6040. The maximum atomic E-state index is 12.4. The van der Waals surface area contributed by atoms with E-state index in [-0.39, 0.29) is 82.0 Å². The molecule has 134 heavy (non-hydrogen) atoms. The SMILES string of the molecule is C=CC(=O)N1C[C@H](c2ccccc2)c2cc(Br)ccc2C1(C)C.C=CC(=O)N1C[C@H](c2ccccc2)c2cc(Br)ccc2C1(C)C.C=CC(=O)N1Cc2cc(Br)ccc2[C@@H](c2ccccc2C)C1.C=CC(=O)N1Cc2cc(Br)ccc2[C@H](c2ccccc2C)C1.C=CC(=O)N1Cc2ccc(Br)cc2[C@@H](c2ccc(Cl)cc2)C1.C=CC(=O)N1Cc2ccc(Br)cc2[C@H](c2ccc(Cl)cc2)C1. The Hall–Kier alpha value is -10.6. The minimum atomic E-state index is -0.355. The lowest BCUT2D eigenvalue weighted by Gasteiger charge is -2.47. The molecule has 6 heterocycles. The van der Waals surface area contributed by atoms with E-state index in [0.29, 0.717) is 75.5 Å². The third-order valence-electron chi connectivity index (χ3n) is 26.1. The van der Waals surface area contributed by atoms with Crippen LogP contribution in [0.5, 0.6) is 0 Å². The van der Waals surface area contributed by atoms with E-state index in [9.17, 15) is 28.8 Å². The molecule has 12 aromatic rings. The lowest BCUT2D eigenvalue weighted by molar-refractivity contribution is -0.133. The van der Waals surface area contributed by atoms with E-state index in [2.05, 4.69) is 334 Å². The van der Waals surface area contributed by atoms with E-state index in [1.807, 2.05) is 139 Å². The normalized spacial score (nSPS) is 17.7. The molecule has 0 unspecified atom stereocenters. The van der Waals surface area contributed by atoms with Crippen LogP contribution in [0.15, 0.2) is 370 Å². The highest BCUT2D eigenvalue weighted by Gasteiger charge is 2.44. The molecule has 18 rings (SSSR count). The molecule has 6 aliphatic rings. The van der Waals surface area contributed by atoms with Crippen LogP contribution in [-0.2, 0) is 66.0 Å². The van der Waals surface area contributed by atoms with Crippen LogP contribution in [0.3, 0.4) is 0 Å². The van der Waals surface area contributed by atoms with E-state index in [4.69, 9.17) is 23.2 Å². The van der Waals surface area contributed by atoms with Crippen LogP contribution < -0.4 is 0 Å². The van der Waals surface area contributed by atoms with Gasteiger partial charge in [0.15, 0.2) is 0 Å². The molecule has 20 heteroatoms. The fraction of sp³-hybridized carbons (Fsp3) is 0.211. The van der Waals surface area contributed by atoms with Crippen molar-refractivity contribution in [3.63, 3.8) is 0 Å². The summed E-state index contributed by atoms with van der Waals surface area (Å²) in [5, 5.41) is 1.43. The number of nitrogens with zero attached hydrogens (tertiary/aromatic N) is 6. The standard InChI is InChI=1S/2C20H20BrNO.2C19H18BrNO.2C18H15BrClNO/c2*1-4-19(23)22-13-17(14-8-6-5-7-9-14)16-12-15(21)10-11-18(16)20(22,2)3;2*1-3-19(22)21-11-14-10-15(20)8-9-17(14)18(12-21)16-7-5-4-6-13(16)2;2*1-2-18(22)21-10-13-3-6-14(19)9-16(13)17(11-21)12-4-7-15(20)8-5-12/h2*4-12,17H,1,13H2,2-3H3;2*3-10,18H,1,11-12H2,2H3;2*2-9,17H,1,10-11H2/t2*17-;2*18-;2*17-/m111010/s1. The summed E-state index contributed by atoms with van der Waals surface area (Å²) in [6.45, 7) is 41.0. The van der Waals surface area contributed by atoms with Crippen molar-refractivity contribution in [1.82, 2.24) is 29.4 Å². The lowest BCUT2D eigenvalue weighted by atomic mass is 9.76. The van der Waals surface area contributed by atoms with Gasteiger partial charge in [-0.15, -0.1) is 0 Å². The van der Waals surface area contributed by atoms with Crippen molar-refractivity contribution in [3.8, 4) is 0 Å². The molecule has 0 aliphatic carbocycles. The Labute approximate surface area is 849 Å². The fourth-order valence-corrected chi connectivity index (χ4v) is 21.7. The maximum absolute atomic E-state index is 12.4. The molecule has 0 aromatic heterocycles. The highest BCUT2D eigenvalue weighted by Crippen LogP contribution is 2.48. The number of carbonyl (C=O) groups is 6. The lowest BCUT2D eigenvalue weighted by Crippen LogP contribution is -2.50. The van der Waals surface area contributed by atoms with Crippen LogP contribution in [-0.4, -0.2) is 104 Å². The molecular formula is C114H106Br6Cl2N6O6. The molecule has 684 valence electrons. The Morgan fingerprint density at radius 1 is 0.276 bits per heavy atom. The molecule has 0 saturated heterocycles. The van der Waals surface area contributed by atoms with Gasteiger partial charge in [0.2, 0.25) is 35.4 Å². The van der Waals surface area contributed by atoms with Crippen molar-refractivity contribution in [2.45, 2.75) is 114 Å². The number of carbonyl (C=O) groups excluding carboxylic acids is 6. The third kappa shape index (κ3) is 23.5. The van der Waals surface area contributed by atoms with Gasteiger partial charge in [0.25, 0.3) is 0 Å². The molecule has 0 saturated carbocycles. The Balaban J connectivity index is 0.000000136. The van der Waals surface area contributed by atoms with Gasteiger partial charge in [-0.3, -0.25) is 28.8 Å². The number of rotatable bonds is 12. The summed E-state index contributed by atoms with van der Waals surface area (Å²) >= 11 is 33.3. The first kappa shape index (κ1) is 101. The van der Waals surface area contributed by atoms with Crippen molar-refractivity contribution >= 4 is 154 Å². The number of fused-ring (bicyclic) bond motifs is 6. The van der Waals surface area contributed by atoms with E-state index in [0.717, 1.165) is 38.0 Å². The van der Waals surface area contributed by atoms with E-state index in [1.54, 1.807) is 0 Å². The van der Waals surface area contributed by atoms with Crippen LogP contribution in [0.2, 0.25) is 10.0 Å². The van der Waals surface area contributed by atoms with Gasteiger partial charge >= 0.3 is 0 Å². The number of hydrogen-bond donors (Lipinski definition) is 0. The van der Waals surface area contributed by atoms with E-state index in [1.165, 1.54) is 137 Å². The molecule has 0 fully saturated rings. The largest absolute Gasteiger partial charge is 0.334 e. The number of hydrogen-bond acceptors (Lipinski definition) is 6. The first-order valence-corrected chi connectivity index (χ1v) is 49.8. The van der Waals surface area contributed by atoms with Crippen molar-refractivity contribution in [3.05, 3.63) is 491 Å². The Morgan fingerprint density at radius 3 is 0.858 bits per heavy atom. The molecule has 12 nitrogen and oxygen atoms in total. The van der Waals surface area contributed by atoms with Gasteiger partial charge in [-0.25, -0.2) is 0 Å². The third-order valence-corrected chi connectivity index (χ3v) is 29.5. The average Bonchev–Trinajstić information content (AvgIpc) is 0.740. The van der Waals surface area contributed by atoms with Gasteiger partial charge in [-0.05, 0) is 286 Å². The van der Waals surface area contributed by atoms with Crippen LogP contribution in [0.4, 0.5) is 0 Å². The zero-order chi connectivity index (χ0) is 96.0. The van der Waals surface area contributed by atoms with Gasteiger partial charge in [0.05, 0.1) is 11.1 Å². The number of halogens is 8. The zero-order valence-electron chi connectivity index (χ0n) is 75.8. The zero-order valence-corrected chi connectivity index (χ0v) is 86.8. The molecule has 12 aromatic carbocycles. The van der Waals surface area contributed by atoms with Crippen LogP contribution in [0, 0.1) is 13.8 Å². The van der Waals surface area contributed by atoms with Crippen molar-refractivity contribution in [2.24, 2.45) is 0 Å². The monoisotopic (exact) mass is 2200 g/mol. The highest BCUT2D eigenvalue weighted by molar-refractivity contribution is 9.11. The second-order valence-electron chi connectivity index (χ2n) is 34.9. The van der Waals surface area contributed by atoms with Gasteiger partial charge in [0.1, 0.15) is 0 Å². The van der Waals surface area contributed by atoms with Gasteiger partial charge in [0, 0.05) is 138 Å². The molecule has 6 atom stereocenters. The summed E-state index contributed by atoms with van der Waals surface area (Å²) in [6, 6.07) is 91.1. The van der Waals surface area contributed by atoms with Gasteiger partial charge < -0.3 is 29.4 Å². The summed E-state index contributed by atoms with van der Waals surface area (Å²) < 4.78 is 6.32. The topological polar surface area (TPSA) is 122 Å². The predicted molar refractivity (Wildman–Crippen MR) is 566 cm³/mol. The van der Waals surface area contributed by atoms with Crippen molar-refractivity contribution in [2.75, 3.05) is 39.3 Å². The second-order valence-corrected chi connectivity index (χ2v) is 41.3. The fourth-order valence-electron chi connectivity index (χ4n) is 19.1. The summed E-state index contributed by atoms with van der Waals surface area (Å²) in [5.41, 5.74) is 24.0. The molecule has 6 amide bonds. The quantitative estimate of drug-likeness (QED) is 0.112. The second kappa shape index (κ2) is 45.3. The number of aryl methyl sites for hydroxylation is 2. The number of amides is 6. The van der Waals surface area contributed by atoms with Crippen molar-refractivity contribution in [1.29, 1.82) is 0 Å². The molecule has 0 spiro atoms. The van der Waals surface area contributed by atoms with Crippen LogP contribution >= 0.6 is 119 Å². The molecule has 0 bridgehead atoms. The Morgan fingerprint density at radius 2 is 0.537 bits per heavy atom. The number of benzene rings is 12. The summed E-state index contributed by atoms with van der Waals surface area (Å²) in [7, 11) is 0. The van der Waals surface area contributed by atoms with E-state index >= 15 is 0 Å². The summed E-state index contributed by atoms with van der Waals surface area (Å²) in [5.74, 6) is 0.900. The summed E-state index contributed by atoms with van der Waals surface area (Å²) in [6.07, 6.45) is 8.38. The highest BCUT2D eigenvalue weighted by atomic mass is 79.9. The molecule has 6 aliphatic heterocycles. The smallest absolute Gasteiger partial charge is 0.246 e. The summed E-state index contributed by atoms with van der Waals surface area (Å²) in [4.78, 5) is 84.5. The Kier molecular flexibility index (Phi) is 34.1. The minimum Gasteiger partial charge on any atom is -0.334 e.